The van der Waals surface area contributed by atoms with Crippen molar-refractivity contribution in [3.8, 4) is 0 Å². The summed E-state index contributed by atoms with van der Waals surface area (Å²) >= 11 is 5.93. The van der Waals surface area contributed by atoms with Gasteiger partial charge in [0.25, 0.3) is 0 Å². The molecule has 92 valence electrons. The van der Waals surface area contributed by atoms with Crippen molar-refractivity contribution in [1.82, 2.24) is 9.97 Å². The van der Waals surface area contributed by atoms with Crippen LogP contribution in [-0.2, 0) is 17.6 Å². The smallest absolute Gasteiger partial charge is 0.224 e. The predicted octanol–water partition coefficient (Wildman–Crippen LogP) is 2.21. The molecule has 0 amide bonds. The van der Waals surface area contributed by atoms with E-state index in [-0.39, 0.29) is 0 Å². The highest BCUT2D eigenvalue weighted by molar-refractivity contribution is 6.28. The first kappa shape index (κ1) is 11.2. The van der Waals surface area contributed by atoms with Crippen molar-refractivity contribution < 1.29 is 4.74 Å². The van der Waals surface area contributed by atoms with Gasteiger partial charge in [-0.05, 0) is 43.7 Å². The second kappa shape index (κ2) is 4.78. The molecule has 1 atom stereocenters. The molecule has 0 saturated carbocycles. The molecule has 0 bridgehead atoms. The van der Waals surface area contributed by atoms with Crippen molar-refractivity contribution >= 4 is 17.4 Å². The Morgan fingerprint density at radius 2 is 2.24 bits per heavy atom. The molecule has 0 aromatic carbocycles. The minimum absolute atomic E-state index is 0.320. The summed E-state index contributed by atoms with van der Waals surface area (Å²) in [4.78, 5) is 8.57. The van der Waals surface area contributed by atoms with Crippen LogP contribution in [0.25, 0.3) is 0 Å². The van der Waals surface area contributed by atoms with Crippen molar-refractivity contribution in [1.29, 1.82) is 0 Å². The van der Waals surface area contributed by atoms with E-state index >= 15 is 0 Å². The topological polar surface area (TPSA) is 47.0 Å². The Balaban J connectivity index is 1.73. The van der Waals surface area contributed by atoms with Gasteiger partial charge in [0.1, 0.15) is 5.82 Å². The normalized spacial score (nSPS) is 22.8. The van der Waals surface area contributed by atoms with E-state index in [2.05, 4.69) is 15.3 Å². The summed E-state index contributed by atoms with van der Waals surface area (Å²) in [5, 5.41) is 3.71. The molecular formula is C12H16ClN3O. The molecule has 1 unspecified atom stereocenters. The van der Waals surface area contributed by atoms with E-state index < -0.39 is 0 Å². The molecule has 1 fully saturated rings. The molecule has 17 heavy (non-hydrogen) atoms. The lowest BCUT2D eigenvalue weighted by Crippen LogP contribution is -2.20. The second-order valence-corrected chi connectivity index (χ2v) is 4.97. The van der Waals surface area contributed by atoms with Gasteiger partial charge in [-0.2, -0.15) is 0 Å². The van der Waals surface area contributed by atoms with Crippen LogP contribution in [0.2, 0.25) is 5.28 Å². The first-order chi connectivity index (χ1) is 8.33. The highest BCUT2D eigenvalue weighted by Gasteiger charge is 2.20. The molecule has 0 radical (unpaired) electrons. The van der Waals surface area contributed by atoms with Crippen molar-refractivity contribution in [2.24, 2.45) is 0 Å². The second-order valence-electron chi connectivity index (χ2n) is 4.64. The maximum Gasteiger partial charge on any atom is 0.224 e. The summed E-state index contributed by atoms with van der Waals surface area (Å²) in [6.45, 7) is 1.70. The molecule has 1 aromatic rings. The molecule has 5 heteroatoms. The molecule has 1 saturated heterocycles. The van der Waals surface area contributed by atoms with Gasteiger partial charge in [0.2, 0.25) is 5.28 Å². The molecule has 1 aromatic heterocycles. The minimum Gasteiger partial charge on any atom is -0.376 e. The standard InChI is InChI=1S/C12H16ClN3O/c13-12-15-10-5-1-4-9(10)11(16-12)14-7-8-3-2-6-17-8/h8H,1-7H2,(H,14,15,16). The number of nitrogens with one attached hydrogen (secondary N) is 1. The molecule has 3 rings (SSSR count). The van der Waals surface area contributed by atoms with Crippen LogP contribution in [0.1, 0.15) is 30.5 Å². The van der Waals surface area contributed by atoms with E-state index in [1.807, 2.05) is 0 Å². The van der Waals surface area contributed by atoms with Gasteiger partial charge in [-0.3, -0.25) is 0 Å². The fourth-order valence-corrected chi connectivity index (χ4v) is 2.75. The number of aromatic nitrogens is 2. The summed E-state index contributed by atoms with van der Waals surface area (Å²) in [7, 11) is 0. The average molecular weight is 254 g/mol. The number of rotatable bonds is 3. The summed E-state index contributed by atoms with van der Waals surface area (Å²) in [6.07, 6.45) is 5.84. The molecular weight excluding hydrogens is 238 g/mol. The molecule has 1 aliphatic carbocycles. The van der Waals surface area contributed by atoms with Crippen LogP contribution in [-0.4, -0.2) is 29.2 Å². The fraction of sp³-hybridized carbons (Fsp3) is 0.667. The van der Waals surface area contributed by atoms with Gasteiger partial charge >= 0.3 is 0 Å². The largest absolute Gasteiger partial charge is 0.376 e. The van der Waals surface area contributed by atoms with Crippen LogP contribution >= 0.6 is 11.6 Å². The third-order valence-corrected chi connectivity index (χ3v) is 3.60. The van der Waals surface area contributed by atoms with Crippen LogP contribution < -0.4 is 5.32 Å². The summed E-state index contributed by atoms with van der Waals surface area (Å²) < 4.78 is 5.59. The lowest BCUT2D eigenvalue weighted by molar-refractivity contribution is 0.120. The molecule has 4 nitrogen and oxygen atoms in total. The zero-order valence-electron chi connectivity index (χ0n) is 9.71. The monoisotopic (exact) mass is 253 g/mol. The number of hydrogen-bond donors (Lipinski definition) is 1. The Morgan fingerprint density at radius 1 is 1.29 bits per heavy atom. The Labute approximate surface area is 106 Å². The van der Waals surface area contributed by atoms with Gasteiger partial charge in [0.05, 0.1) is 11.8 Å². The van der Waals surface area contributed by atoms with Crippen LogP contribution in [0.15, 0.2) is 0 Å². The van der Waals surface area contributed by atoms with E-state index in [0.29, 0.717) is 11.4 Å². The first-order valence-electron chi connectivity index (χ1n) is 6.23. The van der Waals surface area contributed by atoms with Gasteiger partial charge in [-0.15, -0.1) is 0 Å². The van der Waals surface area contributed by atoms with Crippen molar-refractivity contribution in [3.63, 3.8) is 0 Å². The number of anilines is 1. The SMILES string of the molecule is Clc1nc2c(c(NCC3CCCO3)n1)CCC2. The maximum atomic E-state index is 5.93. The fourth-order valence-electron chi connectivity index (χ4n) is 2.56. The number of ether oxygens (including phenoxy) is 1. The Morgan fingerprint density at radius 3 is 3.06 bits per heavy atom. The third-order valence-electron chi connectivity index (χ3n) is 3.43. The summed E-state index contributed by atoms with van der Waals surface area (Å²) in [5.74, 6) is 0.910. The molecule has 2 heterocycles. The molecule has 2 aliphatic rings. The van der Waals surface area contributed by atoms with Gasteiger partial charge in [0.15, 0.2) is 0 Å². The van der Waals surface area contributed by atoms with E-state index in [9.17, 15) is 0 Å². The van der Waals surface area contributed by atoms with Crippen molar-refractivity contribution in [2.45, 2.75) is 38.2 Å². The van der Waals surface area contributed by atoms with E-state index in [0.717, 1.165) is 56.8 Å². The number of nitrogens with zero attached hydrogens (tertiary/aromatic N) is 2. The Kier molecular flexibility index (Phi) is 3.16. The summed E-state index contributed by atoms with van der Waals surface area (Å²) in [5.41, 5.74) is 2.35. The van der Waals surface area contributed by atoms with Crippen LogP contribution in [0.4, 0.5) is 5.82 Å². The number of fused-ring (bicyclic) bond motifs is 1. The highest BCUT2D eigenvalue weighted by atomic mass is 35.5. The number of aryl methyl sites for hydroxylation is 1. The lowest BCUT2D eigenvalue weighted by Gasteiger charge is -2.13. The van der Waals surface area contributed by atoms with Gasteiger partial charge in [-0.25, -0.2) is 9.97 Å². The van der Waals surface area contributed by atoms with Crippen LogP contribution in [0.5, 0.6) is 0 Å². The molecule has 1 aliphatic heterocycles. The van der Waals surface area contributed by atoms with Crippen LogP contribution in [0, 0.1) is 0 Å². The summed E-state index contributed by atoms with van der Waals surface area (Å²) in [6, 6.07) is 0. The zero-order valence-corrected chi connectivity index (χ0v) is 10.5. The molecule has 0 spiro atoms. The van der Waals surface area contributed by atoms with Gasteiger partial charge in [-0.1, -0.05) is 0 Å². The van der Waals surface area contributed by atoms with Gasteiger partial charge < -0.3 is 10.1 Å². The molecule has 1 N–H and O–H groups in total. The Hall–Kier alpha value is -0.870. The van der Waals surface area contributed by atoms with Gasteiger partial charge in [0, 0.05) is 18.7 Å². The maximum absolute atomic E-state index is 5.93. The Bertz CT molecular complexity index is 418. The third kappa shape index (κ3) is 2.38. The van der Waals surface area contributed by atoms with E-state index in [4.69, 9.17) is 16.3 Å². The zero-order chi connectivity index (χ0) is 11.7. The number of hydrogen-bond acceptors (Lipinski definition) is 4. The lowest BCUT2D eigenvalue weighted by atomic mass is 10.2. The highest BCUT2D eigenvalue weighted by Crippen LogP contribution is 2.27. The van der Waals surface area contributed by atoms with E-state index in [1.165, 1.54) is 5.56 Å². The minimum atomic E-state index is 0.320. The first-order valence-corrected chi connectivity index (χ1v) is 6.61. The number of halogens is 1. The predicted molar refractivity (Wildman–Crippen MR) is 66.5 cm³/mol. The van der Waals surface area contributed by atoms with Crippen molar-refractivity contribution in [3.05, 3.63) is 16.5 Å². The average Bonchev–Trinajstić information content (AvgIpc) is 2.95. The quantitative estimate of drug-likeness (QED) is 0.839. The van der Waals surface area contributed by atoms with E-state index in [1.54, 1.807) is 0 Å². The van der Waals surface area contributed by atoms with Crippen molar-refractivity contribution in [2.75, 3.05) is 18.5 Å². The van der Waals surface area contributed by atoms with Crippen LogP contribution in [0.3, 0.4) is 0 Å².